The number of nitrogens with one attached hydrogen (secondary N) is 1. The fourth-order valence-corrected chi connectivity index (χ4v) is 1.75. The molecule has 1 saturated carbocycles. The van der Waals surface area contributed by atoms with Gasteiger partial charge in [0.05, 0.1) is 6.10 Å². The minimum atomic E-state index is -0.477. The zero-order valence-corrected chi connectivity index (χ0v) is 8.92. The van der Waals surface area contributed by atoms with Crippen LogP contribution in [0.4, 0.5) is 11.5 Å². The summed E-state index contributed by atoms with van der Waals surface area (Å²) < 4.78 is 5.14. The molecule has 0 radical (unpaired) electrons. The highest BCUT2D eigenvalue weighted by Crippen LogP contribution is 2.29. The number of nitro groups is 1. The van der Waals surface area contributed by atoms with Gasteiger partial charge in [0.25, 0.3) is 0 Å². The smallest absolute Gasteiger partial charge is 0.381 e. The Labute approximate surface area is 92.8 Å². The van der Waals surface area contributed by atoms with E-state index in [0.717, 1.165) is 12.8 Å². The maximum Gasteiger partial charge on any atom is 0.386 e. The third-order valence-corrected chi connectivity index (χ3v) is 2.75. The highest BCUT2D eigenvalue weighted by molar-refractivity contribution is 5.57. The molecule has 0 unspecified atom stereocenters. The molecule has 1 heterocycles. The minimum absolute atomic E-state index is 0.122. The molecule has 2 rings (SSSR count). The van der Waals surface area contributed by atoms with E-state index in [1.54, 1.807) is 19.2 Å². The van der Waals surface area contributed by atoms with Crippen molar-refractivity contribution in [1.29, 1.82) is 0 Å². The zero-order chi connectivity index (χ0) is 11.5. The van der Waals surface area contributed by atoms with Gasteiger partial charge in [0, 0.05) is 13.2 Å². The van der Waals surface area contributed by atoms with Crippen LogP contribution < -0.4 is 5.32 Å². The van der Waals surface area contributed by atoms with Crippen LogP contribution in [0.5, 0.6) is 0 Å². The second-order valence-corrected chi connectivity index (χ2v) is 3.80. The number of hydrogen-bond acceptors (Lipinski definition) is 5. The first-order valence-corrected chi connectivity index (χ1v) is 5.09. The van der Waals surface area contributed by atoms with Crippen LogP contribution in [0.1, 0.15) is 12.8 Å². The van der Waals surface area contributed by atoms with E-state index in [1.807, 2.05) is 0 Å². The predicted octanol–water partition coefficient (Wildman–Crippen LogP) is 1.58. The van der Waals surface area contributed by atoms with Gasteiger partial charge in [0.15, 0.2) is 0 Å². The molecule has 6 nitrogen and oxygen atoms in total. The summed E-state index contributed by atoms with van der Waals surface area (Å²) in [5.74, 6) is -0.122. The Morgan fingerprint density at radius 3 is 3.00 bits per heavy atom. The van der Waals surface area contributed by atoms with Gasteiger partial charge in [-0.15, -0.1) is 0 Å². The van der Waals surface area contributed by atoms with Crippen molar-refractivity contribution in [2.75, 3.05) is 12.4 Å². The zero-order valence-electron chi connectivity index (χ0n) is 8.92. The molecule has 1 aromatic rings. The molecule has 1 aliphatic carbocycles. The van der Waals surface area contributed by atoms with Gasteiger partial charge in [-0.3, -0.25) is 0 Å². The quantitative estimate of drug-likeness (QED) is 0.619. The van der Waals surface area contributed by atoms with Crippen LogP contribution in [0.15, 0.2) is 18.3 Å². The molecular weight excluding hydrogens is 210 g/mol. The van der Waals surface area contributed by atoms with E-state index in [9.17, 15) is 10.1 Å². The predicted molar refractivity (Wildman–Crippen MR) is 58.3 cm³/mol. The summed E-state index contributed by atoms with van der Waals surface area (Å²) in [6, 6.07) is 3.60. The van der Waals surface area contributed by atoms with E-state index < -0.39 is 4.92 Å². The van der Waals surface area contributed by atoms with Crippen molar-refractivity contribution in [1.82, 2.24) is 4.98 Å². The van der Waals surface area contributed by atoms with E-state index in [2.05, 4.69) is 10.3 Å². The van der Waals surface area contributed by atoms with Crippen molar-refractivity contribution in [3.63, 3.8) is 0 Å². The molecule has 0 spiro atoms. The molecule has 6 heteroatoms. The van der Waals surface area contributed by atoms with Crippen molar-refractivity contribution in [3.8, 4) is 0 Å². The van der Waals surface area contributed by atoms with Crippen LogP contribution in [0.2, 0.25) is 0 Å². The van der Waals surface area contributed by atoms with Gasteiger partial charge in [-0.2, -0.15) is 0 Å². The van der Waals surface area contributed by atoms with Crippen LogP contribution in [0, 0.1) is 10.1 Å². The lowest BCUT2D eigenvalue weighted by atomic mass is 9.89. The molecule has 0 aliphatic heterocycles. The van der Waals surface area contributed by atoms with Crippen LogP contribution in [0.25, 0.3) is 0 Å². The molecular formula is C10H13N3O3. The van der Waals surface area contributed by atoms with E-state index in [0.29, 0.717) is 5.69 Å². The summed E-state index contributed by atoms with van der Waals surface area (Å²) in [4.78, 5) is 14.0. The molecule has 1 aliphatic rings. The van der Waals surface area contributed by atoms with Crippen molar-refractivity contribution < 1.29 is 9.66 Å². The van der Waals surface area contributed by atoms with Crippen molar-refractivity contribution in [2.45, 2.75) is 25.0 Å². The average molecular weight is 223 g/mol. The molecule has 1 N–H and O–H groups in total. The number of hydrogen-bond donors (Lipinski definition) is 1. The average Bonchev–Trinajstić information content (AvgIpc) is 2.23. The Hall–Kier alpha value is -1.69. The van der Waals surface area contributed by atoms with Crippen molar-refractivity contribution >= 4 is 11.5 Å². The van der Waals surface area contributed by atoms with Crippen LogP contribution in [-0.2, 0) is 4.74 Å². The Morgan fingerprint density at radius 2 is 2.38 bits per heavy atom. The Kier molecular flexibility index (Phi) is 3.00. The maximum absolute atomic E-state index is 10.7. The summed E-state index contributed by atoms with van der Waals surface area (Å²) in [5, 5.41) is 13.8. The lowest BCUT2D eigenvalue weighted by Crippen LogP contribution is -2.40. The van der Waals surface area contributed by atoms with E-state index in [1.165, 1.54) is 6.20 Å². The Balaban J connectivity index is 2.02. The fraction of sp³-hybridized carbons (Fsp3) is 0.500. The number of nitrogens with zero attached hydrogens (tertiary/aromatic N) is 2. The first kappa shape index (κ1) is 10.8. The van der Waals surface area contributed by atoms with Crippen molar-refractivity contribution in [2.24, 2.45) is 0 Å². The number of pyridine rings is 1. The normalized spacial score (nSPS) is 23.6. The van der Waals surface area contributed by atoms with Crippen molar-refractivity contribution in [3.05, 3.63) is 28.4 Å². The topological polar surface area (TPSA) is 77.3 Å². The summed E-state index contributed by atoms with van der Waals surface area (Å²) in [6.07, 6.45) is 3.45. The SMILES string of the molecule is COC1CC(Nc2cccnc2[N+](=O)[O-])C1. The fourth-order valence-electron chi connectivity index (χ4n) is 1.75. The monoisotopic (exact) mass is 223 g/mol. The molecule has 0 amide bonds. The largest absolute Gasteiger partial charge is 0.386 e. The van der Waals surface area contributed by atoms with Gasteiger partial charge in [-0.1, -0.05) is 0 Å². The van der Waals surface area contributed by atoms with E-state index in [4.69, 9.17) is 4.74 Å². The van der Waals surface area contributed by atoms with Gasteiger partial charge >= 0.3 is 5.82 Å². The minimum Gasteiger partial charge on any atom is -0.381 e. The summed E-state index contributed by atoms with van der Waals surface area (Å²) >= 11 is 0. The summed E-state index contributed by atoms with van der Waals surface area (Å²) in [7, 11) is 1.67. The van der Waals surface area contributed by atoms with E-state index in [-0.39, 0.29) is 18.0 Å². The molecule has 1 aromatic heterocycles. The van der Waals surface area contributed by atoms with Gasteiger partial charge in [0.2, 0.25) is 0 Å². The number of ether oxygens (including phenoxy) is 1. The second-order valence-electron chi connectivity index (χ2n) is 3.80. The molecule has 0 bridgehead atoms. The van der Waals surface area contributed by atoms with Gasteiger partial charge in [-0.25, -0.2) is 0 Å². The highest BCUT2D eigenvalue weighted by Gasteiger charge is 2.30. The second kappa shape index (κ2) is 4.44. The Bertz CT molecular complexity index is 391. The van der Waals surface area contributed by atoms with Crippen LogP contribution >= 0.6 is 0 Å². The molecule has 1 fully saturated rings. The van der Waals surface area contributed by atoms with E-state index >= 15 is 0 Å². The lowest BCUT2D eigenvalue weighted by Gasteiger charge is -2.34. The third-order valence-electron chi connectivity index (χ3n) is 2.75. The first-order chi connectivity index (χ1) is 7.70. The standard InChI is InChI=1S/C10H13N3O3/c1-16-8-5-7(6-8)12-9-3-2-4-11-10(9)13(14)15/h2-4,7-8,12H,5-6H2,1H3. The summed E-state index contributed by atoms with van der Waals surface area (Å²) in [5.41, 5.74) is 0.479. The molecule has 0 aromatic carbocycles. The number of methoxy groups -OCH3 is 1. The lowest BCUT2D eigenvalue weighted by molar-refractivity contribution is -0.388. The third kappa shape index (κ3) is 2.11. The van der Waals surface area contributed by atoms with Gasteiger partial charge in [0.1, 0.15) is 11.9 Å². The molecule has 0 saturated heterocycles. The van der Waals surface area contributed by atoms with Gasteiger partial charge < -0.3 is 20.2 Å². The molecule has 16 heavy (non-hydrogen) atoms. The number of anilines is 1. The number of rotatable bonds is 4. The molecule has 0 atom stereocenters. The number of aromatic nitrogens is 1. The molecule has 86 valence electrons. The van der Waals surface area contributed by atoms with Gasteiger partial charge in [-0.05, 0) is 34.9 Å². The first-order valence-electron chi connectivity index (χ1n) is 5.09. The maximum atomic E-state index is 10.7. The summed E-state index contributed by atoms with van der Waals surface area (Å²) in [6.45, 7) is 0. The van der Waals surface area contributed by atoms with Crippen LogP contribution in [0.3, 0.4) is 0 Å². The highest BCUT2D eigenvalue weighted by atomic mass is 16.6. The Morgan fingerprint density at radius 1 is 1.62 bits per heavy atom. The van der Waals surface area contributed by atoms with Crippen LogP contribution in [-0.4, -0.2) is 29.2 Å².